The highest BCUT2D eigenvalue weighted by Gasteiger charge is 2.15. The molecule has 0 bridgehead atoms. The van der Waals surface area contributed by atoms with E-state index in [0.717, 1.165) is 25.0 Å². The van der Waals surface area contributed by atoms with Gasteiger partial charge in [-0.2, -0.15) is 11.8 Å². The molecule has 1 rings (SSSR count). The lowest BCUT2D eigenvalue weighted by molar-refractivity contribution is -0.121. The second kappa shape index (κ2) is 7.12. The van der Waals surface area contributed by atoms with Gasteiger partial charge in [0.2, 0.25) is 5.91 Å². The number of nitrogens with two attached hydrogens (primary N) is 1. The van der Waals surface area contributed by atoms with Gasteiger partial charge in [0.1, 0.15) is 0 Å². The molecule has 1 aliphatic heterocycles. The smallest absolute Gasteiger partial charge is 0.220 e. The topological polar surface area (TPSA) is 55.1 Å². The summed E-state index contributed by atoms with van der Waals surface area (Å²) in [6.45, 7) is 0.687. The van der Waals surface area contributed by atoms with Gasteiger partial charge in [-0.1, -0.05) is 0 Å². The zero-order valence-electron chi connectivity index (χ0n) is 8.63. The Morgan fingerprint density at radius 1 is 1.50 bits per heavy atom. The summed E-state index contributed by atoms with van der Waals surface area (Å²) >= 11 is 1.94. The number of hydrogen-bond donors (Lipinski definition) is 2. The first-order valence-corrected chi connectivity index (χ1v) is 6.55. The van der Waals surface area contributed by atoms with Crippen molar-refractivity contribution in [2.75, 3.05) is 18.1 Å². The van der Waals surface area contributed by atoms with Crippen LogP contribution in [0.25, 0.3) is 0 Å². The highest BCUT2D eigenvalue weighted by Crippen LogP contribution is 2.16. The van der Waals surface area contributed by atoms with Gasteiger partial charge in [0.25, 0.3) is 0 Å². The van der Waals surface area contributed by atoms with Gasteiger partial charge in [-0.25, -0.2) is 0 Å². The molecule has 1 unspecified atom stereocenters. The standard InChI is InChI=1S/C10H20N2OS/c11-6-2-1-5-10(13)12-9-4-3-7-14-8-9/h9H,1-8,11H2,(H,12,13). The third kappa shape index (κ3) is 4.86. The molecule has 0 aromatic heterocycles. The summed E-state index contributed by atoms with van der Waals surface area (Å²) in [6.07, 6.45) is 4.89. The van der Waals surface area contributed by atoms with Crippen molar-refractivity contribution in [2.45, 2.75) is 38.1 Å². The highest BCUT2D eigenvalue weighted by molar-refractivity contribution is 7.99. The Morgan fingerprint density at radius 3 is 3.00 bits per heavy atom. The molecule has 1 amide bonds. The molecule has 1 heterocycles. The molecule has 1 saturated heterocycles. The summed E-state index contributed by atoms with van der Waals surface area (Å²) < 4.78 is 0. The van der Waals surface area contributed by atoms with Gasteiger partial charge in [-0.3, -0.25) is 4.79 Å². The molecule has 4 heteroatoms. The van der Waals surface area contributed by atoms with Crippen LogP contribution in [0.3, 0.4) is 0 Å². The molecule has 1 fully saturated rings. The Morgan fingerprint density at radius 2 is 2.36 bits per heavy atom. The lowest BCUT2D eigenvalue weighted by atomic mass is 10.1. The summed E-state index contributed by atoms with van der Waals surface area (Å²) in [5.74, 6) is 2.54. The van der Waals surface area contributed by atoms with Crippen molar-refractivity contribution in [3.05, 3.63) is 0 Å². The monoisotopic (exact) mass is 216 g/mol. The molecule has 0 saturated carbocycles. The van der Waals surface area contributed by atoms with Crippen LogP contribution in [-0.4, -0.2) is 30.0 Å². The molecule has 0 spiro atoms. The normalized spacial score (nSPS) is 21.9. The zero-order valence-corrected chi connectivity index (χ0v) is 9.44. The van der Waals surface area contributed by atoms with Gasteiger partial charge in [0.05, 0.1) is 0 Å². The van der Waals surface area contributed by atoms with Gasteiger partial charge in [-0.05, 0) is 38.0 Å². The quantitative estimate of drug-likeness (QED) is 0.677. The summed E-state index contributed by atoms with van der Waals surface area (Å²) in [6, 6.07) is 0.416. The molecule has 1 atom stereocenters. The lowest BCUT2D eigenvalue weighted by Gasteiger charge is -2.22. The number of rotatable bonds is 5. The molecule has 0 radical (unpaired) electrons. The van der Waals surface area contributed by atoms with Crippen LogP contribution in [0.1, 0.15) is 32.1 Å². The van der Waals surface area contributed by atoms with Gasteiger partial charge in [0, 0.05) is 18.2 Å². The minimum absolute atomic E-state index is 0.200. The van der Waals surface area contributed by atoms with Crippen molar-refractivity contribution >= 4 is 17.7 Å². The number of carbonyl (C=O) groups is 1. The maximum atomic E-state index is 11.4. The second-order valence-electron chi connectivity index (χ2n) is 3.73. The molecule has 1 aliphatic rings. The fraction of sp³-hybridized carbons (Fsp3) is 0.900. The van der Waals surface area contributed by atoms with Crippen molar-refractivity contribution in [3.8, 4) is 0 Å². The number of hydrogen-bond acceptors (Lipinski definition) is 3. The van der Waals surface area contributed by atoms with Gasteiger partial charge in [-0.15, -0.1) is 0 Å². The van der Waals surface area contributed by atoms with Crippen LogP contribution in [0, 0.1) is 0 Å². The van der Waals surface area contributed by atoms with Crippen LogP contribution in [0.15, 0.2) is 0 Å². The van der Waals surface area contributed by atoms with Gasteiger partial charge in [0.15, 0.2) is 0 Å². The molecular formula is C10H20N2OS. The molecule has 0 aromatic rings. The Labute approximate surface area is 90.2 Å². The highest BCUT2D eigenvalue weighted by atomic mass is 32.2. The lowest BCUT2D eigenvalue weighted by Crippen LogP contribution is -2.38. The van der Waals surface area contributed by atoms with E-state index in [2.05, 4.69) is 5.32 Å². The van der Waals surface area contributed by atoms with E-state index < -0.39 is 0 Å². The maximum absolute atomic E-state index is 11.4. The van der Waals surface area contributed by atoms with E-state index in [1.165, 1.54) is 12.2 Å². The molecule has 0 aromatic carbocycles. The number of amides is 1. The third-order valence-corrected chi connectivity index (χ3v) is 3.60. The maximum Gasteiger partial charge on any atom is 0.220 e. The van der Waals surface area contributed by atoms with Crippen molar-refractivity contribution in [3.63, 3.8) is 0 Å². The largest absolute Gasteiger partial charge is 0.353 e. The van der Waals surface area contributed by atoms with Crippen LogP contribution >= 0.6 is 11.8 Å². The number of carbonyl (C=O) groups excluding carboxylic acids is 1. The molecule has 82 valence electrons. The second-order valence-corrected chi connectivity index (χ2v) is 4.88. The minimum Gasteiger partial charge on any atom is -0.353 e. The molecule has 3 N–H and O–H groups in total. The average molecular weight is 216 g/mol. The van der Waals surface area contributed by atoms with E-state index in [1.54, 1.807) is 0 Å². The minimum atomic E-state index is 0.200. The van der Waals surface area contributed by atoms with Crippen molar-refractivity contribution in [2.24, 2.45) is 5.73 Å². The zero-order chi connectivity index (χ0) is 10.2. The molecule has 0 aliphatic carbocycles. The Bertz CT molecular complexity index is 170. The van der Waals surface area contributed by atoms with Gasteiger partial charge < -0.3 is 11.1 Å². The van der Waals surface area contributed by atoms with E-state index in [4.69, 9.17) is 5.73 Å². The molecular weight excluding hydrogens is 196 g/mol. The number of thioether (sulfide) groups is 1. The Kier molecular flexibility index (Phi) is 6.03. The predicted molar refractivity (Wildman–Crippen MR) is 61.4 cm³/mol. The van der Waals surface area contributed by atoms with Crippen LogP contribution in [0.2, 0.25) is 0 Å². The SMILES string of the molecule is NCCCCC(=O)NC1CCCSC1. The summed E-state index contributed by atoms with van der Waals surface area (Å²) in [5, 5.41) is 3.08. The third-order valence-electron chi connectivity index (χ3n) is 2.38. The van der Waals surface area contributed by atoms with Crippen LogP contribution in [-0.2, 0) is 4.79 Å². The Balaban J connectivity index is 2.06. The van der Waals surface area contributed by atoms with E-state index in [9.17, 15) is 4.79 Å². The molecule has 14 heavy (non-hydrogen) atoms. The summed E-state index contributed by atoms with van der Waals surface area (Å²) in [7, 11) is 0. The van der Waals surface area contributed by atoms with E-state index in [-0.39, 0.29) is 5.91 Å². The first kappa shape index (κ1) is 11.9. The fourth-order valence-corrected chi connectivity index (χ4v) is 2.66. The number of nitrogens with one attached hydrogen (secondary N) is 1. The Hall–Kier alpha value is -0.220. The van der Waals surface area contributed by atoms with Crippen LogP contribution in [0.5, 0.6) is 0 Å². The van der Waals surface area contributed by atoms with Crippen molar-refractivity contribution < 1.29 is 4.79 Å². The van der Waals surface area contributed by atoms with E-state index in [0.29, 0.717) is 19.0 Å². The summed E-state index contributed by atoms with van der Waals surface area (Å²) in [5.41, 5.74) is 5.36. The van der Waals surface area contributed by atoms with Crippen molar-refractivity contribution in [1.29, 1.82) is 0 Å². The van der Waals surface area contributed by atoms with E-state index >= 15 is 0 Å². The predicted octanol–water partition coefficient (Wildman–Crippen LogP) is 1.13. The van der Waals surface area contributed by atoms with E-state index in [1.807, 2.05) is 11.8 Å². The first-order valence-electron chi connectivity index (χ1n) is 5.40. The summed E-state index contributed by atoms with van der Waals surface area (Å²) in [4.78, 5) is 11.4. The van der Waals surface area contributed by atoms with Gasteiger partial charge >= 0.3 is 0 Å². The van der Waals surface area contributed by atoms with Crippen molar-refractivity contribution in [1.82, 2.24) is 5.32 Å². The number of unbranched alkanes of at least 4 members (excludes halogenated alkanes) is 1. The average Bonchev–Trinajstić information content (AvgIpc) is 2.20. The molecule has 3 nitrogen and oxygen atoms in total. The fourth-order valence-electron chi connectivity index (χ4n) is 1.58. The first-order chi connectivity index (χ1) is 6.83. The van der Waals surface area contributed by atoms with Crippen LogP contribution in [0.4, 0.5) is 0 Å². The van der Waals surface area contributed by atoms with Crippen LogP contribution < -0.4 is 11.1 Å².